The van der Waals surface area contributed by atoms with Crippen molar-refractivity contribution >= 4 is 15.9 Å². The standard InChI is InChI=1S/C26H38F2N2O3S/c1-19-11-12-24(22(18-19)20-8-5-3-4-6-9-20)34(32,33)30-17-7-10-23(30)25(31)29(2)21-13-15-26(27,28)16-14-21/h11-12,18,20-21,23H,3-10,13-17H2,1-2H3/t23-/m0/s1. The molecule has 0 unspecified atom stereocenters. The van der Waals surface area contributed by atoms with Crippen LogP contribution in [0.25, 0.3) is 0 Å². The van der Waals surface area contributed by atoms with E-state index in [1.54, 1.807) is 13.1 Å². The van der Waals surface area contributed by atoms with Gasteiger partial charge in [-0.2, -0.15) is 4.31 Å². The second kappa shape index (κ2) is 10.2. The first-order chi connectivity index (χ1) is 16.1. The molecule has 190 valence electrons. The molecule has 1 aliphatic heterocycles. The molecule has 2 aliphatic carbocycles. The summed E-state index contributed by atoms with van der Waals surface area (Å²) in [5, 5.41) is 0. The second-order valence-corrected chi connectivity index (χ2v) is 12.4. The topological polar surface area (TPSA) is 57.7 Å². The molecule has 2 saturated carbocycles. The number of amides is 1. The molecule has 34 heavy (non-hydrogen) atoms. The molecule has 0 spiro atoms. The van der Waals surface area contributed by atoms with Crippen LogP contribution in [-0.4, -0.2) is 55.1 Å². The van der Waals surface area contributed by atoms with Gasteiger partial charge < -0.3 is 4.90 Å². The number of sulfonamides is 1. The molecule has 8 heteroatoms. The second-order valence-electron chi connectivity index (χ2n) is 10.5. The summed E-state index contributed by atoms with van der Waals surface area (Å²) in [7, 11) is -2.22. The van der Waals surface area contributed by atoms with Gasteiger partial charge in [0.15, 0.2) is 0 Å². The van der Waals surface area contributed by atoms with E-state index in [1.165, 1.54) is 22.0 Å². The maximum Gasteiger partial charge on any atom is 0.248 e. The Bertz CT molecular complexity index is 980. The maximum atomic E-state index is 14.0. The third-order valence-corrected chi connectivity index (χ3v) is 10.1. The van der Waals surface area contributed by atoms with Crippen molar-refractivity contribution in [2.75, 3.05) is 13.6 Å². The SMILES string of the molecule is Cc1ccc(S(=O)(=O)N2CCC[C@H]2C(=O)N(C)C2CCC(F)(F)CC2)c(C2CCCCCC2)c1. The van der Waals surface area contributed by atoms with Crippen molar-refractivity contribution in [3.05, 3.63) is 29.3 Å². The van der Waals surface area contributed by atoms with Crippen LogP contribution in [0.5, 0.6) is 0 Å². The molecule has 1 saturated heterocycles. The van der Waals surface area contributed by atoms with Gasteiger partial charge >= 0.3 is 0 Å². The Kier molecular flexibility index (Phi) is 7.67. The number of carbonyl (C=O) groups is 1. The Labute approximate surface area is 202 Å². The quantitative estimate of drug-likeness (QED) is 0.497. The van der Waals surface area contributed by atoms with E-state index in [1.807, 2.05) is 19.1 Å². The molecule has 0 aromatic heterocycles. The van der Waals surface area contributed by atoms with E-state index in [2.05, 4.69) is 0 Å². The van der Waals surface area contributed by atoms with E-state index in [9.17, 15) is 22.0 Å². The minimum Gasteiger partial charge on any atom is -0.341 e. The maximum absolute atomic E-state index is 14.0. The largest absolute Gasteiger partial charge is 0.341 e. The van der Waals surface area contributed by atoms with Gasteiger partial charge in [-0.3, -0.25) is 4.79 Å². The van der Waals surface area contributed by atoms with Gasteiger partial charge in [-0.05, 0) is 63.0 Å². The highest BCUT2D eigenvalue weighted by molar-refractivity contribution is 7.89. The summed E-state index contributed by atoms with van der Waals surface area (Å²) in [6.07, 6.45) is 7.70. The number of nitrogens with zero attached hydrogens (tertiary/aromatic N) is 2. The number of halogens is 2. The first kappa shape index (κ1) is 25.5. The minimum atomic E-state index is -3.86. The summed E-state index contributed by atoms with van der Waals surface area (Å²) < 4.78 is 56.5. The lowest BCUT2D eigenvalue weighted by atomic mass is 9.91. The summed E-state index contributed by atoms with van der Waals surface area (Å²) >= 11 is 0. The number of hydrogen-bond acceptors (Lipinski definition) is 3. The molecule has 1 aromatic carbocycles. The Hall–Kier alpha value is -1.54. The zero-order chi connectivity index (χ0) is 24.5. The smallest absolute Gasteiger partial charge is 0.248 e. The van der Waals surface area contributed by atoms with E-state index in [4.69, 9.17) is 0 Å². The third kappa shape index (κ3) is 5.32. The van der Waals surface area contributed by atoms with E-state index in [0.29, 0.717) is 24.3 Å². The van der Waals surface area contributed by atoms with E-state index >= 15 is 0 Å². The van der Waals surface area contributed by atoms with Crippen LogP contribution in [0.3, 0.4) is 0 Å². The average molecular weight is 497 g/mol. The summed E-state index contributed by atoms with van der Waals surface area (Å²) in [6.45, 7) is 2.30. The van der Waals surface area contributed by atoms with Crippen LogP contribution in [0.1, 0.15) is 94.1 Å². The molecule has 0 radical (unpaired) electrons. The zero-order valence-corrected chi connectivity index (χ0v) is 21.3. The van der Waals surface area contributed by atoms with Gasteiger partial charge in [0.1, 0.15) is 6.04 Å². The number of carbonyl (C=O) groups excluding carboxylic acids is 1. The van der Waals surface area contributed by atoms with Gasteiger partial charge in [0, 0.05) is 32.5 Å². The van der Waals surface area contributed by atoms with E-state index in [-0.39, 0.29) is 43.6 Å². The molecule has 1 heterocycles. The third-order valence-electron chi connectivity index (χ3n) is 8.12. The first-order valence-electron chi connectivity index (χ1n) is 12.9. The van der Waals surface area contributed by atoms with Crippen LogP contribution < -0.4 is 0 Å². The molecule has 1 amide bonds. The molecule has 1 aromatic rings. The first-order valence-corrected chi connectivity index (χ1v) is 14.3. The molecule has 5 nitrogen and oxygen atoms in total. The molecule has 4 rings (SSSR count). The Balaban J connectivity index is 1.58. The Morgan fingerprint density at radius 3 is 2.29 bits per heavy atom. The van der Waals surface area contributed by atoms with Crippen LogP contribution in [0.2, 0.25) is 0 Å². The monoisotopic (exact) mass is 496 g/mol. The predicted molar refractivity (Wildman–Crippen MR) is 129 cm³/mol. The van der Waals surface area contributed by atoms with Crippen LogP contribution in [0, 0.1) is 6.92 Å². The summed E-state index contributed by atoms with van der Waals surface area (Å²) in [5.74, 6) is -2.71. The molecule has 0 bridgehead atoms. The molecule has 1 atom stereocenters. The fraction of sp³-hybridized carbons (Fsp3) is 0.731. The van der Waals surface area contributed by atoms with E-state index < -0.39 is 22.0 Å². The van der Waals surface area contributed by atoms with Gasteiger partial charge in [-0.1, -0.05) is 43.4 Å². The highest BCUT2D eigenvalue weighted by atomic mass is 32.2. The molecule has 3 fully saturated rings. The van der Waals surface area contributed by atoms with Gasteiger partial charge in [0.05, 0.1) is 4.90 Å². The van der Waals surface area contributed by atoms with Crippen LogP contribution in [0.4, 0.5) is 8.78 Å². The van der Waals surface area contributed by atoms with Crippen molar-refractivity contribution < 1.29 is 22.0 Å². The number of likely N-dealkylation sites (N-methyl/N-ethyl adjacent to an activating group) is 1. The van der Waals surface area contributed by atoms with Gasteiger partial charge in [0.2, 0.25) is 21.9 Å². The van der Waals surface area contributed by atoms with Crippen molar-refractivity contribution in [1.29, 1.82) is 0 Å². The average Bonchev–Trinajstić information content (AvgIpc) is 3.14. The van der Waals surface area contributed by atoms with Crippen LogP contribution in [-0.2, 0) is 14.8 Å². The van der Waals surface area contributed by atoms with Crippen molar-refractivity contribution in [3.63, 3.8) is 0 Å². The van der Waals surface area contributed by atoms with E-state index in [0.717, 1.165) is 36.8 Å². The van der Waals surface area contributed by atoms with Crippen molar-refractivity contribution in [1.82, 2.24) is 9.21 Å². The van der Waals surface area contributed by atoms with Crippen molar-refractivity contribution in [3.8, 4) is 0 Å². The Morgan fingerprint density at radius 1 is 1.00 bits per heavy atom. The predicted octanol–water partition coefficient (Wildman–Crippen LogP) is 5.62. The fourth-order valence-electron chi connectivity index (χ4n) is 6.04. The summed E-state index contributed by atoms with van der Waals surface area (Å²) in [4.78, 5) is 15.3. The summed E-state index contributed by atoms with van der Waals surface area (Å²) in [6, 6.07) is 4.55. The van der Waals surface area contributed by atoms with Gasteiger partial charge in [0.25, 0.3) is 0 Å². The zero-order valence-electron chi connectivity index (χ0n) is 20.4. The van der Waals surface area contributed by atoms with Gasteiger partial charge in [-0.15, -0.1) is 0 Å². The van der Waals surface area contributed by atoms with Gasteiger partial charge in [-0.25, -0.2) is 17.2 Å². The Morgan fingerprint density at radius 2 is 1.65 bits per heavy atom. The number of hydrogen-bond donors (Lipinski definition) is 0. The lowest BCUT2D eigenvalue weighted by Gasteiger charge is -2.37. The number of aryl methyl sites for hydroxylation is 1. The van der Waals surface area contributed by atoms with Crippen molar-refractivity contribution in [2.45, 2.75) is 113 Å². The van der Waals surface area contributed by atoms with Crippen LogP contribution >= 0.6 is 0 Å². The lowest BCUT2D eigenvalue weighted by molar-refractivity contribution is -0.138. The molecule has 0 N–H and O–H groups in total. The van der Waals surface area contributed by atoms with Crippen molar-refractivity contribution in [2.24, 2.45) is 0 Å². The highest BCUT2D eigenvalue weighted by Gasteiger charge is 2.44. The lowest BCUT2D eigenvalue weighted by Crippen LogP contribution is -2.50. The van der Waals surface area contributed by atoms with Crippen LogP contribution in [0.15, 0.2) is 23.1 Å². The molecular weight excluding hydrogens is 458 g/mol. The fourth-order valence-corrected chi connectivity index (χ4v) is 7.96. The highest BCUT2D eigenvalue weighted by Crippen LogP contribution is 2.39. The normalized spacial score (nSPS) is 25.2. The number of rotatable bonds is 5. The molecule has 3 aliphatic rings. The molecular formula is C26H38F2N2O3S. The summed E-state index contributed by atoms with van der Waals surface area (Å²) in [5.41, 5.74) is 1.93. The number of alkyl halides is 2. The minimum absolute atomic E-state index is 0.218. The number of benzene rings is 1.